The highest BCUT2D eigenvalue weighted by molar-refractivity contribution is 5.86. The van der Waals surface area contributed by atoms with Crippen molar-refractivity contribution in [3.05, 3.63) is 11.4 Å². The van der Waals surface area contributed by atoms with Gasteiger partial charge in [-0.2, -0.15) is 0 Å². The van der Waals surface area contributed by atoms with E-state index < -0.39 is 35.6 Å². The topological polar surface area (TPSA) is 111 Å². The molecule has 1 aromatic rings. The van der Waals surface area contributed by atoms with Crippen LogP contribution in [0.15, 0.2) is 0 Å². The molecule has 1 atom stereocenters. The van der Waals surface area contributed by atoms with Gasteiger partial charge in [-0.05, 0) is 0 Å². The van der Waals surface area contributed by atoms with E-state index in [2.05, 4.69) is 10.3 Å². The van der Waals surface area contributed by atoms with Crippen molar-refractivity contribution in [2.75, 3.05) is 0 Å². The van der Waals surface area contributed by atoms with E-state index in [1.807, 2.05) is 0 Å². The minimum Gasteiger partial charge on any atom is -0.476 e. The summed E-state index contributed by atoms with van der Waals surface area (Å²) in [5.74, 6) is -3.05. The Morgan fingerprint density at radius 2 is 2.12 bits per heavy atom. The molecule has 94 valence electrons. The predicted molar refractivity (Wildman–Crippen MR) is 50.3 cm³/mol. The number of amides is 1. The van der Waals surface area contributed by atoms with Crippen LogP contribution in [-0.2, 0) is 11.3 Å². The van der Waals surface area contributed by atoms with Crippen molar-refractivity contribution >= 4 is 11.9 Å². The molecular formula is C8H10F2N4O3. The van der Waals surface area contributed by atoms with E-state index >= 15 is 0 Å². The van der Waals surface area contributed by atoms with Crippen LogP contribution >= 0.6 is 0 Å². The van der Waals surface area contributed by atoms with Gasteiger partial charge in [-0.15, -0.1) is 5.10 Å². The zero-order chi connectivity index (χ0) is 13.2. The Labute approximate surface area is 94.2 Å². The quantitative estimate of drug-likeness (QED) is 0.763. The van der Waals surface area contributed by atoms with Gasteiger partial charge in [0.25, 0.3) is 6.43 Å². The Bertz CT molecular complexity index is 446. The Kier molecular flexibility index (Phi) is 3.71. The first kappa shape index (κ1) is 13.0. The van der Waals surface area contributed by atoms with Gasteiger partial charge < -0.3 is 10.8 Å². The monoisotopic (exact) mass is 248 g/mol. The second kappa shape index (κ2) is 4.85. The number of aromatic nitrogens is 3. The number of primary amides is 1. The summed E-state index contributed by atoms with van der Waals surface area (Å²) in [6.07, 6.45) is -3.05. The summed E-state index contributed by atoms with van der Waals surface area (Å²) in [5.41, 5.74) is 3.32. The first-order chi connectivity index (χ1) is 7.84. The fourth-order valence-electron chi connectivity index (χ4n) is 1.17. The Morgan fingerprint density at radius 3 is 2.53 bits per heavy atom. The van der Waals surface area contributed by atoms with Crippen LogP contribution < -0.4 is 5.73 Å². The number of nitrogens with zero attached hydrogens (tertiary/aromatic N) is 3. The van der Waals surface area contributed by atoms with E-state index in [-0.39, 0.29) is 6.54 Å². The molecule has 1 unspecified atom stereocenters. The van der Waals surface area contributed by atoms with Crippen molar-refractivity contribution in [1.29, 1.82) is 0 Å². The SMILES string of the molecule is CC(Cn1nnc(C(=O)O)c1C(F)F)C(N)=O. The molecule has 9 heteroatoms. The van der Waals surface area contributed by atoms with Gasteiger partial charge in [-0.25, -0.2) is 18.3 Å². The third-order valence-electron chi connectivity index (χ3n) is 2.12. The van der Waals surface area contributed by atoms with Gasteiger partial charge in [-0.1, -0.05) is 12.1 Å². The maximum Gasteiger partial charge on any atom is 0.358 e. The van der Waals surface area contributed by atoms with Gasteiger partial charge in [0.05, 0.1) is 12.5 Å². The molecule has 0 saturated heterocycles. The van der Waals surface area contributed by atoms with E-state index in [4.69, 9.17) is 10.8 Å². The molecule has 17 heavy (non-hydrogen) atoms. The minimum atomic E-state index is -3.05. The fourth-order valence-corrected chi connectivity index (χ4v) is 1.17. The van der Waals surface area contributed by atoms with E-state index in [0.29, 0.717) is 4.68 Å². The molecule has 0 aliphatic rings. The summed E-state index contributed by atoms with van der Waals surface area (Å²) in [5, 5.41) is 15.0. The number of hydrogen-bond acceptors (Lipinski definition) is 4. The Hall–Kier alpha value is -2.06. The number of carboxylic acids is 1. The number of rotatable bonds is 5. The lowest BCUT2D eigenvalue weighted by Gasteiger charge is -2.09. The van der Waals surface area contributed by atoms with Crippen LogP contribution in [0.25, 0.3) is 0 Å². The summed E-state index contributed by atoms with van der Waals surface area (Å²) >= 11 is 0. The van der Waals surface area contributed by atoms with Gasteiger partial charge in [0.1, 0.15) is 5.69 Å². The number of alkyl halides is 2. The summed E-state index contributed by atoms with van der Waals surface area (Å²) in [6.45, 7) is 1.18. The van der Waals surface area contributed by atoms with Crippen molar-refractivity contribution in [1.82, 2.24) is 15.0 Å². The molecule has 1 rings (SSSR count). The Balaban J connectivity index is 3.08. The van der Waals surface area contributed by atoms with Crippen molar-refractivity contribution in [3.8, 4) is 0 Å². The van der Waals surface area contributed by atoms with Crippen LogP contribution in [0, 0.1) is 5.92 Å². The summed E-state index contributed by atoms with van der Waals surface area (Å²) < 4.78 is 26.0. The molecule has 0 spiro atoms. The summed E-state index contributed by atoms with van der Waals surface area (Å²) in [6, 6.07) is 0. The average molecular weight is 248 g/mol. The molecule has 1 aromatic heterocycles. The number of nitrogens with two attached hydrogens (primary N) is 1. The molecule has 0 bridgehead atoms. The standard InChI is InChI=1S/C8H10F2N4O3/c1-3(7(11)15)2-14-5(6(9)10)4(8(16)17)12-13-14/h3,6H,2H2,1H3,(H2,11,15)(H,16,17). The zero-order valence-electron chi connectivity index (χ0n) is 8.80. The lowest BCUT2D eigenvalue weighted by molar-refractivity contribution is -0.121. The highest BCUT2D eigenvalue weighted by Crippen LogP contribution is 2.22. The average Bonchev–Trinajstić information content (AvgIpc) is 2.61. The third-order valence-corrected chi connectivity index (χ3v) is 2.12. The van der Waals surface area contributed by atoms with Crippen LogP contribution in [0.2, 0.25) is 0 Å². The normalized spacial score (nSPS) is 12.7. The first-order valence-electron chi connectivity index (χ1n) is 4.58. The highest BCUT2D eigenvalue weighted by Gasteiger charge is 2.27. The van der Waals surface area contributed by atoms with Gasteiger partial charge in [0.2, 0.25) is 5.91 Å². The molecular weight excluding hydrogens is 238 g/mol. The smallest absolute Gasteiger partial charge is 0.358 e. The second-order valence-electron chi connectivity index (χ2n) is 3.41. The molecule has 0 fully saturated rings. The van der Waals surface area contributed by atoms with Gasteiger partial charge in [0.15, 0.2) is 5.69 Å². The number of aromatic carboxylic acids is 1. The maximum atomic E-state index is 12.7. The van der Waals surface area contributed by atoms with Crippen LogP contribution in [0.1, 0.15) is 29.5 Å². The molecule has 1 heterocycles. The fraction of sp³-hybridized carbons (Fsp3) is 0.500. The van der Waals surface area contributed by atoms with Gasteiger partial charge in [0, 0.05) is 0 Å². The number of carbonyl (C=O) groups is 2. The van der Waals surface area contributed by atoms with Crippen LogP contribution in [0.4, 0.5) is 8.78 Å². The van der Waals surface area contributed by atoms with E-state index in [9.17, 15) is 18.4 Å². The molecule has 0 aromatic carbocycles. The maximum absolute atomic E-state index is 12.7. The first-order valence-corrected chi connectivity index (χ1v) is 4.58. The number of hydrogen-bond donors (Lipinski definition) is 2. The van der Waals surface area contributed by atoms with Crippen molar-refractivity contribution in [2.45, 2.75) is 19.9 Å². The van der Waals surface area contributed by atoms with Crippen molar-refractivity contribution < 1.29 is 23.5 Å². The summed E-state index contributed by atoms with van der Waals surface area (Å²) in [4.78, 5) is 21.4. The number of halogens is 2. The van der Waals surface area contributed by atoms with Gasteiger partial charge in [-0.3, -0.25) is 4.79 Å². The van der Waals surface area contributed by atoms with E-state index in [1.165, 1.54) is 6.92 Å². The minimum absolute atomic E-state index is 0.241. The third kappa shape index (κ3) is 2.74. The van der Waals surface area contributed by atoms with Crippen molar-refractivity contribution in [3.63, 3.8) is 0 Å². The molecule has 7 nitrogen and oxygen atoms in total. The molecule has 0 radical (unpaired) electrons. The second-order valence-corrected chi connectivity index (χ2v) is 3.41. The van der Waals surface area contributed by atoms with E-state index in [0.717, 1.165) is 0 Å². The van der Waals surface area contributed by atoms with Crippen LogP contribution in [0.5, 0.6) is 0 Å². The highest BCUT2D eigenvalue weighted by atomic mass is 19.3. The molecule has 0 aliphatic heterocycles. The number of carbonyl (C=O) groups excluding carboxylic acids is 1. The zero-order valence-corrected chi connectivity index (χ0v) is 8.80. The van der Waals surface area contributed by atoms with E-state index in [1.54, 1.807) is 0 Å². The predicted octanol–water partition coefficient (Wildman–Crippen LogP) is 0.0353. The van der Waals surface area contributed by atoms with Crippen LogP contribution in [0.3, 0.4) is 0 Å². The largest absolute Gasteiger partial charge is 0.476 e. The number of carboxylic acid groups (broad SMARTS) is 1. The van der Waals surface area contributed by atoms with Crippen LogP contribution in [-0.4, -0.2) is 32.0 Å². The molecule has 1 amide bonds. The molecule has 3 N–H and O–H groups in total. The lowest BCUT2D eigenvalue weighted by atomic mass is 10.1. The Morgan fingerprint density at radius 1 is 1.53 bits per heavy atom. The lowest BCUT2D eigenvalue weighted by Crippen LogP contribution is -2.26. The molecule has 0 aliphatic carbocycles. The van der Waals surface area contributed by atoms with Gasteiger partial charge >= 0.3 is 5.97 Å². The van der Waals surface area contributed by atoms with Crippen molar-refractivity contribution in [2.24, 2.45) is 11.7 Å². The summed E-state index contributed by atoms with van der Waals surface area (Å²) in [7, 11) is 0. The molecule has 0 saturated carbocycles.